The number of carbonyl (C=O) groups excluding carboxylic acids is 1. The summed E-state index contributed by atoms with van der Waals surface area (Å²) < 4.78 is 13.3. The highest BCUT2D eigenvalue weighted by atomic mass is 35.5. The van der Waals surface area contributed by atoms with Crippen molar-refractivity contribution in [2.75, 3.05) is 18.5 Å². The third-order valence-corrected chi connectivity index (χ3v) is 5.92. The molecule has 2 unspecified atom stereocenters. The maximum atomic E-state index is 13.8. The van der Waals surface area contributed by atoms with Crippen LogP contribution in [0.15, 0.2) is 49.1 Å². The van der Waals surface area contributed by atoms with Crippen LogP contribution in [0.25, 0.3) is 11.4 Å². The number of amides is 1. The van der Waals surface area contributed by atoms with Gasteiger partial charge < -0.3 is 9.80 Å². The number of benzene rings is 1. The topological polar surface area (TPSA) is 75.1 Å². The highest BCUT2D eigenvalue weighted by Gasteiger charge is 2.32. The summed E-state index contributed by atoms with van der Waals surface area (Å²) in [5.74, 6) is 0.204. The first-order chi connectivity index (χ1) is 15.9. The Hall–Kier alpha value is -3.13. The zero-order valence-electron chi connectivity index (χ0n) is 19.2. The van der Waals surface area contributed by atoms with Gasteiger partial charge in [0.1, 0.15) is 0 Å². The summed E-state index contributed by atoms with van der Waals surface area (Å²) in [5.41, 5.74) is 1.04. The fourth-order valence-corrected chi connectivity index (χ4v) is 4.24. The lowest BCUT2D eigenvalue weighted by atomic mass is 9.97. The van der Waals surface area contributed by atoms with Crippen molar-refractivity contribution >= 4 is 23.5 Å². The number of halogens is 2. The van der Waals surface area contributed by atoms with Crippen molar-refractivity contribution in [1.29, 1.82) is 0 Å². The molecule has 0 aliphatic carbocycles. The van der Waals surface area contributed by atoms with Crippen molar-refractivity contribution in [3.63, 3.8) is 0 Å². The van der Waals surface area contributed by atoms with Crippen LogP contribution in [0.1, 0.15) is 44.0 Å². The first-order valence-electron chi connectivity index (χ1n) is 11.0. The van der Waals surface area contributed by atoms with Crippen molar-refractivity contribution < 1.29 is 9.18 Å². The average molecular weight is 471 g/mol. The molecule has 1 aromatic carbocycles. The monoisotopic (exact) mass is 470 g/mol. The lowest BCUT2D eigenvalue weighted by Crippen LogP contribution is -2.53. The molecule has 3 rings (SSSR count). The van der Waals surface area contributed by atoms with Gasteiger partial charge in [-0.2, -0.15) is 0 Å². The summed E-state index contributed by atoms with van der Waals surface area (Å²) in [7, 11) is 1.93. The zero-order valence-corrected chi connectivity index (χ0v) is 20.0. The highest BCUT2D eigenvalue weighted by molar-refractivity contribution is 6.30. The molecule has 3 aromatic rings. The molecule has 0 N–H and O–H groups in total. The van der Waals surface area contributed by atoms with Gasteiger partial charge in [-0.1, -0.05) is 43.6 Å². The Balaban J connectivity index is 1.95. The van der Waals surface area contributed by atoms with Crippen molar-refractivity contribution in [2.24, 2.45) is 0 Å². The summed E-state index contributed by atoms with van der Waals surface area (Å²) in [5, 5.41) is 0.470. The number of aromatic nitrogens is 4. The molecular weight excluding hydrogens is 443 g/mol. The predicted molar refractivity (Wildman–Crippen MR) is 128 cm³/mol. The van der Waals surface area contributed by atoms with Crippen LogP contribution in [0.3, 0.4) is 0 Å². The van der Waals surface area contributed by atoms with Gasteiger partial charge in [0.25, 0.3) is 5.91 Å². The van der Waals surface area contributed by atoms with E-state index in [4.69, 9.17) is 11.6 Å². The van der Waals surface area contributed by atoms with Gasteiger partial charge in [-0.3, -0.25) is 4.79 Å². The fraction of sp³-hybridized carbons (Fsp3) is 0.375. The highest BCUT2D eigenvalue weighted by Crippen LogP contribution is 2.26. The number of anilines is 1. The van der Waals surface area contributed by atoms with Gasteiger partial charge in [0.15, 0.2) is 11.6 Å². The van der Waals surface area contributed by atoms with Crippen LogP contribution in [0, 0.1) is 5.82 Å². The molecule has 0 fully saturated rings. The van der Waals surface area contributed by atoms with E-state index in [1.807, 2.05) is 29.8 Å². The van der Waals surface area contributed by atoms with Gasteiger partial charge in [-0.05, 0) is 25.8 Å². The van der Waals surface area contributed by atoms with E-state index < -0.39 is 5.82 Å². The van der Waals surface area contributed by atoms with E-state index >= 15 is 0 Å². The van der Waals surface area contributed by atoms with Crippen molar-refractivity contribution in [1.82, 2.24) is 24.8 Å². The van der Waals surface area contributed by atoms with Crippen LogP contribution < -0.4 is 4.90 Å². The molecule has 0 aliphatic heterocycles. The fourth-order valence-electron chi connectivity index (χ4n) is 4.14. The van der Waals surface area contributed by atoms with E-state index in [2.05, 4.69) is 33.8 Å². The minimum absolute atomic E-state index is 0.0192. The van der Waals surface area contributed by atoms with Crippen LogP contribution in [0.4, 0.5) is 10.3 Å². The summed E-state index contributed by atoms with van der Waals surface area (Å²) >= 11 is 5.95. The van der Waals surface area contributed by atoms with E-state index in [1.54, 1.807) is 30.6 Å². The molecule has 1 amide bonds. The molecule has 2 atom stereocenters. The van der Waals surface area contributed by atoms with Crippen molar-refractivity contribution in [3.05, 3.63) is 65.5 Å². The van der Waals surface area contributed by atoms with E-state index in [1.165, 1.54) is 0 Å². The molecule has 2 heterocycles. The van der Waals surface area contributed by atoms with Gasteiger partial charge in [-0.25, -0.2) is 24.3 Å². The Labute approximate surface area is 198 Å². The minimum Gasteiger partial charge on any atom is -0.339 e. The quantitative estimate of drug-likeness (QED) is 0.443. The van der Waals surface area contributed by atoms with Crippen LogP contribution >= 0.6 is 11.6 Å². The van der Waals surface area contributed by atoms with Gasteiger partial charge in [0.2, 0.25) is 5.95 Å². The first kappa shape index (κ1) is 24.5. The minimum atomic E-state index is -0.526. The third-order valence-electron chi connectivity index (χ3n) is 5.72. The second-order valence-corrected chi connectivity index (χ2v) is 8.06. The van der Waals surface area contributed by atoms with E-state index in [-0.39, 0.29) is 18.0 Å². The third kappa shape index (κ3) is 5.45. The molecule has 7 nitrogen and oxygen atoms in total. The van der Waals surface area contributed by atoms with E-state index in [9.17, 15) is 9.18 Å². The van der Waals surface area contributed by atoms with E-state index in [0.717, 1.165) is 25.2 Å². The van der Waals surface area contributed by atoms with Crippen LogP contribution in [0.2, 0.25) is 5.02 Å². The Morgan fingerprint density at radius 3 is 2.15 bits per heavy atom. The maximum absolute atomic E-state index is 13.8. The van der Waals surface area contributed by atoms with Crippen LogP contribution in [-0.4, -0.2) is 56.4 Å². The summed E-state index contributed by atoms with van der Waals surface area (Å²) in [6, 6.07) is 7.04. The molecule has 0 aliphatic rings. The lowest BCUT2D eigenvalue weighted by molar-refractivity contribution is 0.0653. The number of carbonyl (C=O) groups is 1. The second kappa shape index (κ2) is 11.1. The smallest absolute Gasteiger partial charge is 0.254 e. The van der Waals surface area contributed by atoms with E-state index in [0.29, 0.717) is 34.5 Å². The Kier molecular flexibility index (Phi) is 8.27. The number of rotatable bonds is 9. The Morgan fingerprint density at radius 2 is 1.58 bits per heavy atom. The predicted octanol–water partition coefficient (Wildman–Crippen LogP) is 4.88. The van der Waals surface area contributed by atoms with Crippen LogP contribution in [-0.2, 0) is 0 Å². The first-order valence-corrected chi connectivity index (χ1v) is 11.4. The summed E-state index contributed by atoms with van der Waals surface area (Å²) in [4.78, 5) is 34.5. The Bertz CT molecular complexity index is 1060. The number of hydrogen-bond donors (Lipinski definition) is 0. The molecule has 0 saturated heterocycles. The molecule has 2 aromatic heterocycles. The summed E-state index contributed by atoms with van der Waals surface area (Å²) in [6.45, 7) is 6.62. The van der Waals surface area contributed by atoms with Gasteiger partial charge in [0.05, 0.1) is 47.5 Å². The number of nitrogens with zero attached hydrogens (tertiary/aromatic N) is 6. The number of hydrogen-bond acceptors (Lipinski definition) is 6. The normalized spacial score (nSPS) is 12.8. The molecule has 33 heavy (non-hydrogen) atoms. The SMILES string of the molecule is CCC(C(CC)N(C)c1ncc(Cl)cn1)N(CC)C(=O)c1ccccc1-c1ncc(F)cn1. The zero-order chi connectivity index (χ0) is 24.0. The maximum Gasteiger partial charge on any atom is 0.254 e. The molecular formula is C24H28ClFN6O. The van der Waals surface area contributed by atoms with Gasteiger partial charge >= 0.3 is 0 Å². The Morgan fingerprint density at radius 1 is 0.970 bits per heavy atom. The van der Waals surface area contributed by atoms with Crippen molar-refractivity contribution in [2.45, 2.75) is 45.7 Å². The van der Waals surface area contributed by atoms with Crippen molar-refractivity contribution in [3.8, 4) is 11.4 Å². The van der Waals surface area contributed by atoms with Gasteiger partial charge in [-0.15, -0.1) is 0 Å². The summed E-state index contributed by atoms with van der Waals surface area (Å²) in [6.07, 6.45) is 6.86. The average Bonchev–Trinajstić information content (AvgIpc) is 2.84. The molecule has 0 spiro atoms. The molecule has 9 heteroatoms. The molecule has 0 saturated carbocycles. The second-order valence-electron chi connectivity index (χ2n) is 7.63. The van der Waals surface area contributed by atoms with Gasteiger partial charge in [0, 0.05) is 19.2 Å². The standard InChI is InChI=1S/C24H28ClFN6O/c1-5-20(31(4)24-29-12-16(25)13-30-24)21(6-2)32(7-3)23(33)19-11-9-8-10-18(19)22-27-14-17(26)15-28-22/h8-15,20-21H,5-7H2,1-4H3. The molecule has 174 valence electrons. The molecule has 0 radical (unpaired) electrons. The van der Waals surface area contributed by atoms with Crippen LogP contribution in [0.5, 0.6) is 0 Å². The largest absolute Gasteiger partial charge is 0.339 e. The number of likely N-dealkylation sites (N-methyl/N-ethyl adjacent to an activating group) is 2. The lowest BCUT2D eigenvalue weighted by Gasteiger charge is -2.40. The molecule has 0 bridgehead atoms.